The molecule has 2 rings (SSSR count). The normalized spacial score (nSPS) is 15.8. The number of nitrogens with zero attached hydrogens (tertiary/aromatic N) is 4. The third-order valence-electron chi connectivity index (χ3n) is 3.45. The molecule has 1 N–H and O–H groups in total. The summed E-state index contributed by atoms with van der Waals surface area (Å²) in [7, 11) is 1.75. The third kappa shape index (κ3) is 4.42. The average Bonchev–Trinajstić information content (AvgIpc) is 2.47. The van der Waals surface area contributed by atoms with Crippen molar-refractivity contribution in [1.29, 1.82) is 0 Å². The SMILES string of the molecule is CN(Cc1ccccn1)C(=O)N1CCN(CC(=O)O)CC1. The molecule has 0 unspecified atom stereocenters. The molecular formula is C14H20N4O3. The zero-order valence-electron chi connectivity index (χ0n) is 12.1. The van der Waals surface area contributed by atoms with Crippen molar-refractivity contribution < 1.29 is 14.7 Å². The molecule has 2 heterocycles. The molecule has 1 aromatic heterocycles. The van der Waals surface area contributed by atoms with Crippen LogP contribution in [-0.4, -0.2) is 76.6 Å². The predicted octanol–water partition coefficient (Wildman–Crippen LogP) is 0.336. The van der Waals surface area contributed by atoms with Crippen molar-refractivity contribution >= 4 is 12.0 Å². The van der Waals surface area contributed by atoms with E-state index in [0.29, 0.717) is 32.7 Å². The number of carbonyl (C=O) groups is 2. The van der Waals surface area contributed by atoms with Gasteiger partial charge in [0.05, 0.1) is 18.8 Å². The minimum atomic E-state index is -0.831. The Kier molecular flexibility index (Phi) is 5.10. The molecule has 0 spiro atoms. The number of aromatic nitrogens is 1. The maximum atomic E-state index is 12.3. The van der Waals surface area contributed by atoms with E-state index in [9.17, 15) is 9.59 Å². The van der Waals surface area contributed by atoms with Crippen molar-refractivity contribution in [2.45, 2.75) is 6.54 Å². The van der Waals surface area contributed by atoms with E-state index >= 15 is 0 Å². The van der Waals surface area contributed by atoms with Gasteiger partial charge in [-0.05, 0) is 12.1 Å². The quantitative estimate of drug-likeness (QED) is 0.865. The fraction of sp³-hybridized carbons (Fsp3) is 0.500. The van der Waals surface area contributed by atoms with Gasteiger partial charge < -0.3 is 14.9 Å². The second-order valence-corrected chi connectivity index (χ2v) is 5.12. The molecule has 1 aliphatic rings. The Morgan fingerprint density at radius 2 is 2.00 bits per heavy atom. The number of piperazine rings is 1. The standard InChI is InChI=1S/C14H20N4O3/c1-16(10-12-4-2-3-5-15-12)14(21)18-8-6-17(7-9-18)11-13(19)20/h2-5H,6-11H2,1H3,(H,19,20). The second-order valence-electron chi connectivity index (χ2n) is 5.12. The summed E-state index contributed by atoms with van der Waals surface area (Å²) < 4.78 is 0. The first-order valence-electron chi connectivity index (χ1n) is 6.90. The molecule has 0 bridgehead atoms. The Hall–Kier alpha value is -2.15. The molecule has 0 radical (unpaired) electrons. The summed E-state index contributed by atoms with van der Waals surface area (Å²) in [5.41, 5.74) is 0.845. The van der Waals surface area contributed by atoms with Crippen LogP contribution in [0.2, 0.25) is 0 Å². The van der Waals surface area contributed by atoms with Crippen LogP contribution in [0.15, 0.2) is 24.4 Å². The summed E-state index contributed by atoms with van der Waals surface area (Å²) >= 11 is 0. The highest BCUT2D eigenvalue weighted by atomic mass is 16.4. The van der Waals surface area contributed by atoms with Gasteiger partial charge in [0.25, 0.3) is 0 Å². The van der Waals surface area contributed by atoms with Crippen molar-refractivity contribution in [2.24, 2.45) is 0 Å². The molecular weight excluding hydrogens is 272 g/mol. The maximum Gasteiger partial charge on any atom is 0.320 e. The number of urea groups is 1. The first kappa shape index (κ1) is 15.2. The molecule has 21 heavy (non-hydrogen) atoms. The highest BCUT2D eigenvalue weighted by Gasteiger charge is 2.24. The van der Waals surface area contributed by atoms with E-state index in [-0.39, 0.29) is 12.6 Å². The summed E-state index contributed by atoms with van der Waals surface area (Å²) in [4.78, 5) is 32.4. The molecule has 114 valence electrons. The largest absolute Gasteiger partial charge is 0.480 e. The number of carboxylic acids is 1. The Morgan fingerprint density at radius 1 is 1.29 bits per heavy atom. The lowest BCUT2D eigenvalue weighted by molar-refractivity contribution is -0.138. The Balaban J connectivity index is 1.82. The van der Waals surface area contributed by atoms with Gasteiger partial charge >= 0.3 is 12.0 Å². The molecule has 0 atom stereocenters. The number of amides is 2. The summed E-state index contributed by atoms with van der Waals surface area (Å²) in [6.07, 6.45) is 1.71. The number of hydrogen-bond acceptors (Lipinski definition) is 4. The van der Waals surface area contributed by atoms with E-state index in [2.05, 4.69) is 4.98 Å². The monoisotopic (exact) mass is 292 g/mol. The first-order valence-corrected chi connectivity index (χ1v) is 6.90. The van der Waals surface area contributed by atoms with Gasteiger partial charge in [-0.15, -0.1) is 0 Å². The number of carboxylic acid groups (broad SMARTS) is 1. The maximum absolute atomic E-state index is 12.3. The summed E-state index contributed by atoms with van der Waals surface area (Å²) in [5.74, 6) is -0.831. The van der Waals surface area contributed by atoms with Gasteiger partial charge in [-0.1, -0.05) is 6.07 Å². The van der Waals surface area contributed by atoms with Crippen LogP contribution in [0.25, 0.3) is 0 Å². The second kappa shape index (κ2) is 7.03. The highest BCUT2D eigenvalue weighted by molar-refractivity contribution is 5.74. The lowest BCUT2D eigenvalue weighted by Gasteiger charge is -2.35. The zero-order valence-corrected chi connectivity index (χ0v) is 12.1. The number of hydrogen-bond donors (Lipinski definition) is 1. The number of aliphatic carboxylic acids is 1. The molecule has 7 nitrogen and oxygen atoms in total. The molecule has 2 amide bonds. The molecule has 0 aliphatic carbocycles. The van der Waals surface area contributed by atoms with Crippen LogP contribution in [0.5, 0.6) is 0 Å². The van der Waals surface area contributed by atoms with Crippen LogP contribution in [-0.2, 0) is 11.3 Å². The molecule has 7 heteroatoms. The predicted molar refractivity (Wildman–Crippen MR) is 76.7 cm³/mol. The van der Waals surface area contributed by atoms with Gasteiger partial charge in [0.2, 0.25) is 0 Å². The van der Waals surface area contributed by atoms with Crippen LogP contribution < -0.4 is 0 Å². The fourth-order valence-corrected chi connectivity index (χ4v) is 2.33. The molecule has 0 saturated carbocycles. The van der Waals surface area contributed by atoms with E-state index in [1.165, 1.54) is 0 Å². The molecule has 1 saturated heterocycles. The van der Waals surface area contributed by atoms with Gasteiger partial charge in [0.1, 0.15) is 0 Å². The topological polar surface area (TPSA) is 77.0 Å². The minimum Gasteiger partial charge on any atom is -0.480 e. The van der Waals surface area contributed by atoms with Crippen LogP contribution in [0.4, 0.5) is 4.79 Å². The van der Waals surface area contributed by atoms with Crippen molar-refractivity contribution in [3.8, 4) is 0 Å². The minimum absolute atomic E-state index is 0.0335. The van der Waals surface area contributed by atoms with Gasteiger partial charge in [0, 0.05) is 39.4 Å². The summed E-state index contributed by atoms with van der Waals surface area (Å²) in [6.45, 7) is 2.79. The summed E-state index contributed by atoms with van der Waals surface area (Å²) in [5, 5.41) is 8.76. The van der Waals surface area contributed by atoms with E-state index in [4.69, 9.17) is 5.11 Å². The Bertz CT molecular complexity index is 486. The lowest BCUT2D eigenvalue weighted by Crippen LogP contribution is -2.52. The molecule has 0 aromatic carbocycles. The van der Waals surface area contributed by atoms with Crippen molar-refractivity contribution in [2.75, 3.05) is 39.8 Å². The highest BCUT2D eigenvalue weighted by Crippen LogP contribution is 2.07. The van der Waals surface area contributed by atoms with E-state index < -0.39 is 5.97 Å². The van der Waals surface area contributed by atoms with E-state index in [0.717, 1.165) is 5.69 Å². The molecule has 1 aromatic rings. The van der Waals surface area contributed by atoms with Gasteiger partial charge in [-0.25, -0.2) is 4.79 Å². The van der Waals surface area contributed by atoms with Crippen molar-refractivity contribution in [3.05, 3.63) is 30.1 Å². The fourth-order valence-electron chi connectivity index (χ4n) is 2.33. The van der Waals surface area contributed by atoms with Crippen molar-refractivity contribution in [3.63, 3.8) is 0 Å². The van der Waals surface area contributed by atoms with Crippen LogP contribution >= 0.6 is 0 Å². The first-order chi connectivity index (χ1) is 10.1. The molecule has 1 aliphatic heterocycles. The van der Waals surface area contributed by atoms with Crippen LogP contribution in [0.3, 0.4) is 0 Å². The average molecular weight is 292 g/mol. The molecule has 1 fully saturated rings. The van der Waals surface area contributed by atoms with Crippen LogP contribution in [0.1, 0.15) is 5.69 Å². The Morgan fingerprint density at radius 3 is 2.57 bits per heavy atom. The Labute approximate surface area is 123 Å². The number of pyridine rings is 1. The van der Waals surface area contributed by atoms with Crippen LogP contribution in [0, 0.1) is 0 Å². The zero-order chi connectivity index (χ0) is 15.2. The number of rotatable bonds is 4. The smallest absolute Gasteiger partial charge is 0.320 e. The van der Waals surface area contributed by atoms with Crippen molar-refractivity contribution in [1.82, 2.24) is 19.7 Å². The van der Waals surface area contributed by atoms with Gasteiger partial charge in [-0.3, -0.25) is 14.7 Å². The summed E-state index contributed by atoms with van der Waals surface area (Å²) in [6, 6.07) is 5.57. The lowest BCUT2D eigenvalue weighted by atomic mass is 10.3. The van der Waals surface area contributed by atoms with E-state index in [1.54, 1.807) is 23.0 Å². The third-order valence-corrected chi connectivity index (χ3v) is 3.45. The van der Waals surface area contributed by atoms with Gasteiger partial charge in [0.15, 0.2) is 0 Å². The van der Waals surface area contributed by atoms with E-state index in [1.807, 2.05) is 23.1 Å². The van der Waals surface area contributed by atoms with Gasteiger partial charge in [-0.2, -0.15) is 0 Å². The number of carbonyl (C=O) groups excluding carboxylic acids is 1.